The molecule has 0 atom stereocenters. The Bertz CT molecular complexity index is 813. The van der Waals surface area contributed by atoms with Gasteiger partial charge in [0.15, 0.2) is 18.1 Å². The fourth-order valence-corrected chi connectivity index (χ4v) is 2.60. The van der Waals surface area contributed by atoms with Crippen LogP contribution >= 0.6 is 15.9 Å². The van der Waals surface area contributed by atoms with Crippen molar-refractivity contribution in [2.45, 2.75) is 6.61 Å². The van der Waals surface area contributed by atoms with Crippen LogP contribution in [0.3, 0.4) is 0 Å². The first-order valence-electron chi connectivity index (χ1n) is 7.14. The largest absolute Gasteiger partial charge is 0.493 e. The summed E-state index contributed by atoms with van der Waals surface area (Å²) >= 11 is 3.46. The Morgan fingerprint density at radius 3 is 2.33 bits per heavy atom. The van der Waals surface area contributed by atoms with Gasteiger partial charge in [0.05, 0.1) is 19.8 Å². The van der Waals surface area contributed by atoms with Gasteiger partial charge in [-0.2, -0.15) is 0 Å². The maximum atomic E-state index is 5.76. The van der Waals surface area contributed by atoms with Gasteiger partial charge in [0.2, 0.25) is 11.6 Å². The summed E-state index contributed by atoms with van der Waals surface area (Å²) < 4.78 is 22.9. The van der Waals surface area contributed by atoms with Crippen LogP contribution in [-0.4, -0.2) is 24.4 Å². The number of nitrogens with zero attached hydrogens (tertiary/aromatic N) is 2. The Morgan fingerprint density at radius 1 is 0.958 bits per heavy atom. The van der Waals surface area contributed by atoms with Crippen molar-refractivity contribution in [1.82, 2.24) is 10.2 Å². The second-order valence-corrected chi connectivity index (χ2v) is 5.62. The van der Waals surface area contributed by atoms with E-state index in [1.165, 1.54) is 0 Å². The molecule has 3 aromatic rings. The Labute approximate surface area is 147 Å². The first-order chi connectivity index (χ1) is 11.7. The molecule has 6 nitrogen and oxygen atoms in total. The van der Waals surface area contributed by atoms with Gasteiger partial charge in [-0.15, -0.1) is 10.2 Å². The number of ether oxygens (including phenoxy) is 3. The number of hydrogen-bond donors (Lipinski definition) is 0. The second kappa shape index (κ2) is 7.35. The Balaban J connectivity index is 1.78. The summed E-state index contributed by atoms with van der Waals surface area (Å²) in [4.78, 5) is 0. The van der Waals surface area contributed by atoms with E-state index in [1.807, 2.05) is 30.3 Å². The normalized spacial score (nSPS) is 10.5. The third kappa shape index (κ3) is 3.35. The van der Waals surface area contributed by atoms with Gasteiger partial charge in [0.1, 0.15) is 0 Å². The van der Waals surface area contributed by atoms with E-state index in [4.69, 9.17) is 18.6 Å². The SMILES string of the molecule is COc1cccc(OC)c1OCc1nnc(-c2ccccc2Br)o1. The lowest BCUT2D eigenvalue weighted by Crippen LogP contribution is -2.00. The second-order valence-electron chi connectivity index (χ2n) is 4.76. The lowest BCUT2D eigenvalue weighted by atomic mass is 10.2. The fraction of sp³-hybridized carbons (Fsp3) is 0.176. The van der Waals surface area contributed by atoms with E-state index in [-0.39, 0.29) is 6.61 Å². The van der Waals surface area contributed by atoms with Crippen LogP contribution in [0, 0.1) is 0 Å². The average Bonchev–Trinajstić information content (AvgIpc) is 3.08. The molecule has 0 radical (unpaired) electrons. The van der Waals surface area contributed by atoms with Crippen molar-refractivity contribution in [2.24, 2.45) is 0 Å². The van der Waals surface area contributed by atoms with Gasteiger partial charge in [0, 0.05) is 4.47 Å². The van der Waals surface area contributed by atoms with Gasteiger partial charge >= 0.3 is 0 Å². The van der Waals surface area contributed by atoms with Crippen LogP contribution in [0.5, 0.6) is 17.2 Å². The molecule has 0 unspecified atom stereocenters. The summed E-state index contributed by atoms with van der Waals surface area (Å²) in [6.07, 6.45) is 0. The summed E-state index contributed by atoms with van der Waals surface area (Å²) in [5.74, 6) is 2.41. The van der Waals surface area contributed by atoms with Crippen molar-refractivity contribution in [1.29, 1.82) is 0 Å². The maximum absolute atomic E-state index is 5.76. The zero-order valence-electron chi connectivity index (χ0n) is 13.2. The van der Waals surface area contributed by atoms with Crippen molar-refractivity contribution in [3.8, 4) is 28.7 Å². The first-order valence-corrected chi connectivity index (χ1v) is 7.93. The van der Waals surface area contributed by atoms with Gasteiger partial charge in [-0.3, -0.25) is 0 Å². The molecule has 0 aliphatic rings. The molecule has 1 heterocycles. The Morgan fingerprint density at radius 2 is 1.67 bits per heavy atom. The quantitative estimate of drug-likeness (QED) is 0.631. The van der Waals surface area contributed by atoms with Gasteiger partial charge in [-0.25, -0.2) is 0 Å². The molecule has 0 spiro atoms. The highest BCUT2D eigenvalue weighted by Crippen LogP contribution is 2.37. The number of methoxy groups -OCH3 is 2. The predicted molar refractivity (Wildman–Crippen MR) is 91.3 cm³/mol. The molecule has 0 aliphatic heterocycles. The lowest BCUT2D eigenvalue weighted by molar-refractivity contribution is 0.238. The molecule has 24 heavy (non-hydrogen) atoms. The third-order valence-corrected chi connectivity index (χ3v) is 3.99. The van der Waals surface area contributed by atoms with E-state index in [0.29, 0.717) is 29.0 Å². The highest BCUT2D eigenvalue weighted by atomic mass is 79.9. The van der Waals surface area contributed by atoms with Crippen LogP contribution in [0.25, 0.3) is 11.5 Å². The molecule has 0 aliphatic carbocycles. The number of aromatic nitrogens is 2. The van der Waals surface area contributed by atoms with Gasteiger partial charge in [-0.1, -0.05) is 18.2 Å². The van der Waals surface area contributed by atoms with Gasteiger partial charge in [0.25, 0.3) is 5.89 Å². The molecule has 0 saturated heterocycles. The number of para-hydroxylation sites is 1. The molecular formula is C17H15BrN2O4. The molecule has 0 amide bonds. The standard InChI is InChI=1S/C17H15BrN2O4/c1-21-13-8-5-9-14(22-2)16(13)23-10-15-19-20-17(24-15)11-6-3-4-7-12(11)18/h3-9H,10H2,1-2H3. The maximum Gasteiger partial charge on any atom is 0.254 e. The van der Waals surface area contributed by atoms with Crippen LogP contribution in [-0.2, 0) is 6.61 Å². The Hall–Kier alpha value is -2.54. The smallest absolute Gasteiger partial charge is 0.254 e. The molecule has 0 bridgehead atoms. The molecule has 124 valence electrons. The zero-order chi connectivity index (χ0) is 16.9. The number of rotatable bonds is 6. The molecule has 0 saturated carbocycles. The van der Waals surface area contributed by atoms with E-state index < -0.39 is 0 Å². The van der Waals surface area contributed by atoms with Crippen LogP contribution in [0.1, 0.15) is 5.89 Å². The monoisotopic (exact) mass is 390 g/mol. The van der Waals surface area contributed by atoms with Gasteiger partial charge < -0.3 is 18.6 Å². The van der Waals surface area contributed by atoms with Crippen molar-refractivity contribution >= 4 is 15.9 Å². The third-order valence-electron chi connectivity index (χ3n) is 3.29. The highest BCUT2D eigenvalue weighted by molar-refractivity contribution is 9.10. The summed E-state index contributed by atoms with van der Waals surface area (Å²) in [6, 6.07) is 13.0. The molecule has 2 aromatic carbocycles. The van der Waals surface area contributed by atoms with Crippen molar-refractivity contribution < 1.29 is 18.6 Å². The minimum absolute atomic E-state index is 0.105. The molecular weight excluding hydrogens is 376 g/mol. The van der Waals surface area contributed by atoms with Crippen molar-refractivity contribution in [3.05, 3.63) is 52.8 Å². The zero-order valence-corrected chi connectivity index (χ0v) is 14.7. The summed E-state index contributed by atoms with van der Waals surface area (Å²) in [7, 11) is 3.14. The minimum atomic E-state index is 0.105. The van der Waals surface area contributed by atoms with E-state index in [9.17, 15) is 0 Å². The molecule has 0 N–H and O–H groups in total. The molecule has 0 fully saturated rings. The summed E-state index contributed by atoms with van der Waals surface area (Å²) in [5.41, 5.74) is 0.825. The fourth-order valence-electron chi connectivity index (χ4n) is 2.15. The highest BCUT2D eigenvalue weighted by Gasteiger charge is 2.15. The van der Waals surface area contributed by atoms with Gasteiger partial charge in [-0.05, 0) is 40.2 Å². The van der Waals surface area contributed by atoms with E-state index in [0.717, 1.165) is 10.0 Å². The number of benzene rings is 2. The average molecular weight is 391 g/mol. The molecule has 1 aromatic heterocycles. The van der Waals surface area contributed by atoms with Crippen LogP contribution in [0.15, 0.2) is 51.4 Å². The Kier molecular flexibility index (Phi) is 5.00. The minimum Gasteiger partial charge on any atom is -0.493 e. The lowest BCUT2D eigenvalue weighted by Gasteiger charge is -2.12. The molecule has 3 rings (SSSR count). The number of hydrogen-bond acceptors (Lipinski definition) is 6. The van der Waals surface area contributed by atoms with E-state index in [2.05, 4.69) is 26.1 Å². The number of halogens is 1. The van der Waals surface area contributed by atoms with E-state index in [1.54, 1.807) is 26.4 Å². The van der Waals surface area contributed by atoms with Crippen molar-refractivity contribution in [3.63, 3.8) is 0 Å². The van der Waals surface area contributed by atoms with Crippen LogP contribution < -0.4 is 14.2 Å². The van der Waals surface area contributed by atoms with Crippen LogP contribution in [0.4, 0.5) is 0 Å². The first kappa shape index (κ1) is 16.3. The molecule has 7 heteroatoms. The van der Waals surface area contributed by atoms with E-state index >= 15 is 0 Å². The van der Waals surface area contributed by atoms with Crippen LogP contribution in [0.2, 0.25) is 0 Å². The summed E-state index contributed by atoms with van der Waals surface area (Å²) in [5, 5.41) is 8.07. The summed E-state index contributed by atoms with van der Waals surface area (Å²) in [6.45, 7) is 0.105. The predicted octanol–water partition coefficient (Wildman–Crippen LogP) is 4.10. The van der Waals surface area contributed by atoms with Crippen molar-refractivity contribution in [2.75, 3.05) is 14.2 Å². The topological polar surface area (TPSA) is 66.6 Å².